The Morgan fingerprint density at radius 1 is 1.12 bits per heavy atom. The van der Waals surface area contributed by atoms with Gasteiger partial charge in [-0.1, -0.05) is 29.8 Å². The fourth-order valence-corrected chi connectivity index (χ4v) is 3.09. The van der Waals surface area contributed by atoms with E-state index < -0.39 is 0 Å². The second-order valence-corrected chi connectivity index (χ2v) is 6.71. The molecule has 0 aliphatic heterocycles. The molecule has 0 aliphatic rings. The van der Waals surface area contributed by atoms with E-state index in [1.54, 1.807) is 46.8 Å². The van der Waals surface area contributed by atoms with E-state index in [4.69, 9.17) is 16.0 Å². The van der Waals surface area contributed by atoms with Crippen LogP contribution in [0.3, 0.4) is 0 Å². The van der Waals surface area contributed by atoms with Gasteiger partial charge in [-0.05, 0) is 47.4 Å². The Bertz CT molecular complexity index is 756. The van der Waals surface area contributed by atoms with Gasteiger partial charge in [0, 0.05) is 16.0 Å². The van der Waals surface area contributed by atoms with Crippen LogP contribution < -0.4 is 0 Å². The largest absolute Gasteiger partial charge is 0.467 e. The first-order valence-corrected chi connectivity index (χ1v) is 8.74. The summed E-state index contributed by atoms with van der Waals surface area (Å²) in [7, 11) is 0. The maximum Gasteiger partial charge on any atom is 0.247 e. The van der Waals surface area contributed by atoms with Crippen LogP contribution in [0.25, 0.3) is 6.08 Å². The molecular formula is C19H16ClNO2S. The number of hydrogen-bond acceptors (Lipinski definition) is 3. The number of amides is 1. The van der Waals surface area contributed by atoms with Crippen molar-refractivity contribution in [2.24, 2.45) is 0 Å². The number of benzene rings is 1. The van der Waals surface area contributed by atoms with E-state index in [0.29, 0.717) is 18.1 Å². The number of carbonyl (C=O) groups excluding carboxylic acids is 1. The summed E-state index contributed by atoms with van der Waals surface area (Å²) in [6.45, 7) is 0.997. The van der Waals surface area contributed by atoms with Crippen LogP contribution in [-0.2, 0) is 17.9 Å². The van der Waals surface area contributed by atoms with Crippen LogP contribution in [-0.4, -0.2) is 10.8 Å². The van der Waals surface area contributed by atoms with Gasteiger partial charge in [0.15, 0.2) is 0 Å². The second-order valence-electron chi connectivity index (χ2n) is 5.24. The molecule has 5 heteroatoms. The number of furan rings is 1. The minimum atomic E-state index is -0.0604. The molecule has 3 nitrogen and oxygen atoms in total. The van der Waals surface area contributed by atoms with Crippen LogP contribution in [0.5, 0.6) is 0 Å². The number of hydrogen-bond donors (Lipinski definition) is 0. The Labute approximate surface area is 149 Å². The number of carbonyl (C=O) groups is 1. The minimum absolute atomic E-state index is 0.0604. The van der Waals surface area contributed by atoms with Crippen molar-refractivity contribution in [3.63, 3.8) is 0 Å². The van der Waals surface area contributed by atoms with Crippen LogP contribution in [0, 0.1) is 0 Å². The Morgan fingerprint density at radius 2 is 1.96 bits per heavy atom. The highest BCUT2D eigenvalue weighted by atomic mass is 35.5. The lowest BCUT2D eigenvalue weighted by molar-refractivity contribution is -0.127. The van der Waals surface area contributed by atoms with Crippen molar-refractivity contribution in [2.45, 2.75) is 13.1 Å². The summed E-state index contributed by atoms with van der Waals surface area (Å²) >= 11 is 7.51. The maximum absolute atomic E-state index is 12.6. The molecule has 0 aliphatic carbocycles. The van der Waals surface area contributed by atoms with Crippen molar-refractivity contribution in [3.8, 4) is 0 Å². The molecule has 0 saturated carbocycles. The second kappa shape index (κ2) is 7.99. The van der Waals surface area contributed by atoms with E-state index in [1.807, 2.05) is 41.8 Å². The molecule has 3 rings (SSSR count). The zero-order valence-electron chi connectivity index (χ0n) is 12.9. The summed E-state index contributed by atoms with van der Waals surface area (Å²) < 4.78 is 5.38. The number of rotatable bonds is 6. The molecule has 0 atom stereocenters. The average Bonchev–Trinajstić information content (AvgIpc) is 3.27. The molecule has 0 N–H and O–H groups in total. The van der Waals surface area contributed by atoms with Crippen molar-refractivity contribution in [1.29, 1.82) is 0 Å². The summed E-state index contributed by atoms with van der Waals surface area (Å²) in [6.07, 6.45) is 4.99. The van der Waals surface area contributed by atoms with Gasteiger partial charge in [0.2, 0.25) is 5.91 Å². The molecular weight excluding hydrogens is 342 g/mol. The molecule has 122 valence electrons. The first kappa shape index (κ1) is 16.6. The summed E-state index contributed by atoms with van der Waals surface area (Å²) in [5, 5.41) is 2.68. The fourth-order valence-electron chi connectivity index (χ4n) is 2.24. The van der Waals surface area contributed by atoms with Gasteiger partial charge in [-0.2, -0.15) is 0 Å². The van der Waals surface area contributed by atoms with Crippen molar-refractivity contribution in [3.05, 3.63) is 87.5 Å². The molecule has 24 heavy (non-hydrogen) atoms. The van der Waals surface area contributed by atoms with E-state index in [9.17, 15) is 4.79 Å². The van der Waals surface area contributed by atoms with Gasteiger partial charge >= 0.3 is 0 Å². The highest BCUT2D eigenvalue weighted by molar-refractivity contribution is 7.09. The standard InChI is InChI=1S/C19H16ClNO2S/c20-16-8-5-15(6-9-16)7-10-19(22)21(13-17-3-1-11-23-17)14-18-4-2-12-24-18/h1-12H,13-14H2/b10-7+. The third-order valence-corrected chi connectivity index (χ3v) is 4.57. The number of thiophene rings is 1. The Morgan fingerprint density at radius 3 is 2.62 bits per heavy atom. The van der Waals surface area contributed by atoms with Gasteiger partial charge in [0.05, 0.1) is 19.4 Å². The van der Waals surface area contributed by atoms with Gasteiger partial charge in [0.25, 0.3) is 0 Å². The third-order valence-electron chi connectivity index (χ3n) is 3.45. The van der Waals surface area contributed by atoms with E-state index in [0.717, 1.165) is 16.2 Å². The van der Waals surface area contributed by atoms with Crippen molar-refractivity contribution >= 4 is 34.9 Å². The van der Waals surface area contributed by atoms with Gasteiger partial charge in [0.1, 0.15) is 5.76 Å². The molecule has 2 heterocycles. The van der Waals surface area contributed by atoms with Gasteiger partial charge in [-0.3, -0.25) is 4.79 Å². The lowest BCUT2D eigenvalue weighted by Gasteiger charge is -2.19. The van der Waals surface area contributed by atoms with E-state index in [-0.39, 0.29) is 5.91 Å². The van der Waals surface area contributed by atoms with Crippen molar-refractivity contribution < 1.29 is 9.21 Å². The predicted molar refractivity (Wildman–Crippen MR) is 97.8 cm³/mol. The molecule has 0 radical (unpaired) electrons. The van der Waals surface area contributed by atoms with Crippen LogP contribution >= 0.6 is 22.9 Å². The zero-order valence-corrected chi connectivity index (χ0v) is 14.5. The van der Waals surface area contributed by atoms with Crippen molar-refractivity contribution in [1.82, 2.24) is 4.90 Å². The molecule has 2 aromatic heterocycles. The van der Waals surface area contributed by atoms with Crippen LogP contribution in [0.15, 0.2) is 70.7 Å². The zero-order chi connectivity index (χ0) is 16.8. The quantitative estimate of drug-likeness (QED) is 0.565. The molecule has 1 amide bonds. The summed E-state index contributed by atoms with van der Waals surface area (Å²) in [5.74, 6) is 0.703. The first-order chi connectivity index (χ1) is 11.7. The monoisotopic (exact) mass is 357 g/mol. The summed E-state index contributed by atoms with van der Waals surface area (Å²) in [5.41, 5.74) is 0.932. The summed E-state index contributed by atoms with van der Waals surface area (Å²) in [4.78, 5) is 15.5. The van der Waals surface area contributed by atoms with Crippen LogP contribution in [0.2, 0.25) is 5.02 Å². The Balaban J connectivity index is 1.73. The SMILES string of the molecule is O=C(/C=C/c1ccc(Cl)cc1)N(Cc1ccco1)Cc1cccs1. The van der Waals surface area contributed by atoms with E-state index in [1.165, 1.54) is 0 Å². The van der Waals surface area contributed by atoms with E-state index >= 15 is 0 Å². The number of halogens is 1. The van der Waals surface area contributed by atoms with Crippen molar-refractivity contribution in [2.75, 3.05) is 0 Å². The molecule has 0 spiro atoms. The lowest BCUT2D eigenvalue weighted by Crippen LogP contribution is -2.27. The van der Waals surface area contributed by atoms with Gasteiger partial charge < -0.3 is 9.32 Å². The highest BCUT2D eigenvalue weighted by Gasteiger charge is 2.14. The molecule has 0 bridgehead atoms. The Hall–Kier alpha value is -2.30. The number of nitrogens with zero attached hydrogens (tertiary/aromatic N) is 1. The predicted octanol–water partition coefficient (Wildman–Crippen LogP) is 5.24. The third kappa shape index (κ3) is 4.60. The Kier molecular flexibility index (Phi) is 5.51. The smallest absolute Gasteiger partial charge is 0.247 e. The maximum atomic E-state index is 12.6. The van der Waals surface area contributed by atoms with Gasteiger partial charge in [-0.15, -0.1) is 11.3 Å². The topological polar surface area (TPSA) is 33.5 Å². The lowest BCUT2D eigenvalue weighted by atomic mass is 10.2. The van der Waals surface area contributed by atoms with Gasteiger partial charge in [-0.25, -0.2) is 0 Å². The first-order valence-electron chi connectivity index (χ1n) is 7.48. The highest BCUT2D eigenvalue weighted by Crippen LogP contribution is 2.16. The van der Waals surface area contributed by atoms with E-state index in [2.05, 4.69) is 0 Å². The normalized spacial score (nSPS) is 11.0. The van der Waals surface area contributed by atoms with Crippen LogP contribution in [0.1, 0.15) is 16.2 Å². The molecule has 1 aromatic carbocycles. The molecule has 0 saturated heterocycles. The minimum Gasteiger partial charge on any atom is -0.467 e. The fraction of sp³-hybridized carbons (Fsp3) is 0.105. The molecule has 3 aromatic rings. The molecule has 0 fully saturated rings. The molecule has 0 unspecified atom stereocenters. The average molecular weight is 358 g/mol. The van der Waals surface area contributed by atoms with Crippen LogP contribution in [0.4, 0.5) is 0 Å². The summed E-state index contributed by atoms with van der Waals surface area (Å²) in [6, 6.07) is 15.1.